The highest BCUT2D eigenvalue weighted by atomic mass is 16.8. The van der Waals surface area contributed by atoms with Gasteiger partial charge in [0.2, 0.25) is 0 Å². The van der Waals surface area contributed by atoms with E-state index in [9.17, 15) is 4.79 Å². The third-order valence-electron chi connectivity index (χ3n) is 13.8. The van der Waals surface area contributed by atoms with Crippen LogP contribution in [0.4, 0.5) is 4.79 Å². The molecule has 0 spiro atoms. The number of unbranched alkanes of at least 4 members (excludes halogenated alkanes) is 11. The van der Waals surface area contributed by atoms with E-state index >= 15 is 0 Å². The summed E-state index contributed by atoms with van der Waals surface area (Å²) in [4.78, 5) is 14.1. The molecule has 1 N–H and O–H groups in total. The molecule has 2 aliphatic rings. The van der Waals surface area contributed by atoms with Crippen LogP contribution in [0.5, 0.6) is 0 Å². The Balaban J connectivity index is 1.17. The maximum absolute atomic E-state index is 14.1. The lowest BCUT2D eigenvalue weighted by atomic mass is 9.96. The number of carbonyl (C=O) groups is 1. The third-order valence-corrected chi connectivity index (χ3v) is 13.8. The molecule has 11 nitrogen and oxygen atoms in total. The van der Waals surface area contributed by atoms with Gasteiger partial charge >= 0.3 is 6.09 Å². The topological polar surface area (TPSA) is 112 Å². The van der Waals surface area contributed by atoms with Crippen LogP contribution in [-0.2, 0) is 69.1 Å². The van der Waals surface area contributed by atoms with E-state index in [1.807, 2.05) is 160 Å². The molecule has 0 saturated carbocycles. The molecule has 1 amide bonds. The van der Waals surface area contributed by atoms with Gasteiger partial charge in [-0.3, -0.25) is 0 Å². The fourth-order valence-electron chi connectivity index (χ4n) is 9.79. The summed E-state index contributed by atoms with van der Waals surface area (Å²) in [5.74, 6) is 0. The Morgan fingerprint density at radius 3 is 1.55 bits per heavy atom. The summed E-state index contributed by atoms with van der Waals surface area (Å²) in [7, 11) is 0. The van der Waals surface area contributed by atoms with Gasteiger partial charge in [-0.2, -0.15) is 0 Å². The van der Waals surface area contributed by atoms with Gasteiger partial charge in [-0.25, -0.2) is 4.79 Å². The molecule has 11 heteroatoms. The Morgan fingerprint density at radius 2 is 1.03 bits per heavy atom. The van der Waals surface area contributed by atoms with Crippen LogP contribution in [0.3, 0.4) is 0 Å². The lowest BCUT2D eigenvalue weighted by Gasteiger charge is -2.49. The second-order valence-corrected chi connectivity index (χ2v) is 21.1. The van der Waals surface area contributed by atoms with Gasteiger partial charge in [0, 0.05) is 5.56 Å². The van der Waals surface area contributed by atoms with Crippen molar-refractivity contribution in [3.8, 4) is 0 Å². The summed E-state index contributed by atoms with van der Waals surface area (Å²) in [5, 5.41) is 3.22. The molecule has 2 fully saturated rings. The minimum atomic E-state index is -0.992. The van der Waals surface area contributed by atoms with Crippen LogP contribution >= 0.6 is 0 Å². The monoisotopic (exact) mass is 1030 g/mol. The van der Waals surface area contributed by atoms with Gasteiger partial charge in [0.15, 0.2) is 12.6 Å². The van der Waals surface area contributed by atoms with Crippen molar-refractivity contribution in [2.45, 2.75) is 198 Å². The molecule has 2 heterocycles. The maximum atomic E-state index is 14.1. The van der Waals surface area contributed by atoms with Crippen LogP contribution in [-0.4, -0.2) is 73.9 Å². The van der Waals surface area contributed by atoms with Crippen LogP contribution in [0.2, 0.25) is 0 Å². The third kappa shape index (κ3) is 20.2. The predicted molar refractivity (Wildman–Crippen MR) is 294 cm³/mol. The molecule has 0 aromatic heterocycles. The fourth-order valence-corrected chi connectivity index (χ4v) is 9.79. The Kier molecular flexibility index (Phi) is 24.6. The average molecular weight is 1030 g/mol. The fraction of sp³-hybridized carbons (Fsp3) is 0.516. The van der Waals surface area contributed by atoms with Crippen molar-refractivity contribution >= 4 is 6.09 Å². The first-order valence-electron chi connectivity index (χ1n) is 27.9. The lowest BCUT2D eigenvalue weighted by molar-refractivity contribution is -0.373. The number of hydrogen-bond acceptors (Lipinski definition) is 10. The van der Waals surface area contributed by atoms with E-state index in [-0.39, 0.29) is 26.4 Å². The first-order valence-corrected chi connectivity index (χ1v) is 27.9. The van der Waals surface area contributed by atoms with Gasteiger partial charge in [-0.1, -0.05) is 236 Å². The van der Waals surface area contributed by atoms with Crippen LogP contribution in [0.15, 0.2) is 152 Å². The van der Waals surface area contributed by atoms with Crippen molar-refractivity contribution in [1.82, 2.24) is 5.32 Å². The molecule has 75 heavy (non-hydrogen) atoms. The van der Waals surface area contributed by atoms with Crippen molar-refractivity contribution in [1.29, 1.82) is 0 Å². The zero-order valence-electron chi connectivity index (χ0n) is 45.1. The Bertz CT molecular complexity index is 2270. The van der Waals surface area contributed by atoms with E-state index in [0.717, 1.165) is 47.1 Å². The predicted octanol–water partition coefficient (Wildman–Crippen LogP) is 14.2. The highest BCUT2D eigenvalue weighted by molar-refractivity contribution is 5.68. The van der Waals surface area contributed by atoms with Gasteiger partial charge in [-0.05, 0) is 49.4 Å². The molecule has 406 valence electrons. The molecule has 2 aliphatic heterocycles. The summed E-state index contributed by atoms with van der Waals surface area (Å²) in [6.07, 6.45) is 9.60. The Labute approximate surface area is 448 Å². The minimum Gasteiger partial charge on any atom is -0.444 e. The number of benzene rings is 5. The molecular weight excluding hydrogens is 943 g/mol. The summed E-state index contributed by atoms with van der Waals surface area (Å²) in [6, 6.07) is 49.5. The van der Waals surface area contributed by atoms with Crippen molar-refractivity contribution in [3.05, 3.63) is 179 Å². The molecule has 0 bridgehead atoms. The van der Waals surface area contributed by atoms with E-state index in [4.69, 9.17) is 42.6 Å². The Morgan fingerprint density at radius 1 is 0.560 bits per heavy atom. The smallest absolute Gasteiger partial charge is 0.408 e. The highest BCUT2D eigenvalue weighted by Gasteiger charge is 2.52. The quantitative estimate of drug-likeness (QED) is 0.0418. The van der Waals surface area contributed by atoms with Gasteiger partial charge < -0.3 is 47.9 Å². The summed E-state index contributed by atoms with van der Waals surface area (Å²) in [6.45, 7) is 9.21. The number of carbonyl (C=O) groups excluding carboxylic acids is 1. The summed E-state index contributed by atoms with van der Waals surface area (Å²) >= 11 is 0. The molecule has 0 aliphatic carbocycles. The van der Waals surface area contributed by atoms with E-state index in [2.05, 4.69) is 24.4 Å². The second-order valence-electron chi connectivity index (χ2n) is 21.1. The zero-order chi connectivity index (χ0) is 52.3. The number of nitrogens with one attached hydrogen (secondary N) is 1. The van der Waals surface area contributed by atoms with Crippen molar-refractivity contribution < 1.29 is 47.4 Å². The Hall–Kier alpha value is -4.95. The van der Waals surface area contributed by atoms with Crippen molar-refractivity contribution in [2.24, 2.45) is 0 Å². The van der Waals surface area contributed by atoms with Gasteiger partial charge in [-0.15, -0.1) is 0 Å². The molecular formula is C64H85NO10. The maximum Gasteiger partial charge on any atom is 0.408 e. The standard InChI is InChI=1S/C64H85NO10/c1-5-6-7-8-9-10-11-12-13-14-15-31-42-55(67-43-49-32-21-16-22-33-49)57(68-44-50-34-23-17-24-35-50)54(65-63(66)75-64(2,3)4)47-71-62-60(70-46-52-38-27-19-28-39-52)59(69-45-51-36-25-18-26-37-51)58-56(73-62)48-72-61(74-58)53-40-29-20-30-41-53/h16-30,32-41,54-62H,5-15,31,42-48H2,1-4H3,(H,65,66)/t54-,55+,56+,57-,58-,59-,60+,61?,62-/m0/s1. The lowest BCUT2D eigenvalue weighted by Crippen LogP contribution is -2.64. The largest absolute Gasteiger partial charge is 0.444 e. The van der Waals surface area contributed by atoms with Crippen LogP contribution in [0.25, 0.3) is 0 Å². The number of hydrogen-bond donors (Lipinski definition) is 1. The van der Waals surface area contributed by atoms with Crippen LogP contribution in [0, 0.1) is 0 Å². The number of alkyl carbamates (subject to hydrolysis) is 1. The number of rotatable bonds is 32. The van der Waals surface area contributed by atoms with Gasteiger partial charge in [0.1, 0.15) is 36.1 Å². The summed E-state index contributed by atoms with van der Waals surface area (Å²) < 4.78 is 61.0. The molecule has 5 aromatic carbocycles. The molecule has 0 radical (unpaired) electrons. The zero-order valence-corrected chi connectivity index (χ0v) is 45.1. The van der Waals surface area contributed by atoms with E-state index in [1.165, 1.54) is 57.8 Å². The molecule has 9 atom stereocenters. The average Bonchev–Trinajstić information content (AvgIpc) is 3.43. The van der Waals surface area contributed by atoms with E-state index < -0.39 is 66.9 Å². The molecule has 2 saturated heterocycles. The second kappa shape index (κ2) is 31.9. The molecule has 1 unspecified atom stereocenters. The normalized spacial score (nSPS) is 20.9. The highest BCUT2D eigenvalue weighted by Crippen LogP contribution is 2.38. The first-order chi connectivity index (χ1) is 36.7. The van der Waals surface area contributed by atoms with Crippen LogP contribution < -0.4 is 5.32 Å². The van der Waals surface area contributed by atoms with E-state index in [1.54, 1.807) is 0 Å². The van der Waals surface area contributed by atoms with Crippen molar-refractivity contribution in [2.75, 3.05) is 13.2 Å². The molecule has 5 aromatic rings. The summed E-state index contributed by atoms with van der Waals surface area (Å²) in [5.41, 5.74) is 4.14. The van der Waals surface area contributed by atoms with Crippen LogP contribution in [0.1, 0.15) is 145 Å². The minimum absolute atomic E-state index is 0.0463. The van der Waals surface area contributed by atoms with Gasteiger partial charge in [0.25, 0.3) is 0 Å². The van der Waals surface area contributed by atoms with Crippen molar-refractivity contribution in [3.63, 3.8) is 0 Å². The number of ether oxygens (including phenoxy) is 9. The first kappa shape index (κ1) is 57.7. The van der Waals surface area contributed by atoms with Gasteiger partial charge in [0.05, 0.1) is 51.8 Å². The van der Waals surface area contributed by atoms with E-state index in [0.29, 0.717) is 19.6 Å². The number of fused-ring (bicyclic) bond motifs is 1. The molecule has 7 rings (SSSR count). The SMILES string of the molecule is CCCCCCCCCCCCCC[C@@H](OCc1ccccc1)[C@@H](OCc1ccccc1)[C@H](CO[C@H]1O[C@@H]2COC(c3ccccc3)O[C@@H]2[C@H](OCc2ccccc2)[C@H]1OCc1ccccc1)NC(=O)OC(C)(C)C. The number of amides is 1.